The van der Waals surface area contributed by atoms with Crippen LogP contribution in [0.2, 0.25) is 0 Å². The van der Waals surface area contributed by atoms with Gasteiger partial charge in [0.25, 0.3) is 0 Å². The maximum absolute atomic E-state index is 13.7. The first kappa shape index (κ1) is 18.3. The SMILES string of the molecule is Cc1ccc([S@](=O)c2cccn2C(=O)[C@H]2[C@H](c3ccccc3)[C@H]3C=C[C@@H]2C3)cc1. The van der Waals surface area contributed by atoms with E-state index in [2.05, 4.69) is 24.3 Å². The number of aromatic nitrogens is 1. The van der Waals surface area contributed by atoms with Gasteiger partial charge in [-0.25, -0.2) is 4.21 Å². The number of fused-ring (bicyclic) bond motifs is 2. The van der Waals surface area contributed by atoms with Gasteiger partial charge in [-0.05, 0) is 55.0 Å². The van der Waals surface area contributed by atoms with Gasteiger partial charge in [0.2, 0.25) is 5.91 Å². The molecule has 0 spiro atoms. The molecule has 1 heterocycles. The van der Waals surface area contributed by atoms with Crippen molar-refractivity contribution in [2.45, 2.75) is 29.2 Å². The third-order valence-electron chi connectivity index (χ3n) is 6.30. The third kappa shape index (κ3) is 3.12. The standard InChI is InChI=1S/C25H23NO2S/c1-17-9-13-21(14-10-17)29(28)22-8-5-15-26(22)25(27)24-20-12-11-19(16-20)23(24)18-6-3-2-4-7-18/h2-15,19-20,23-24H,16H2,1H3/t19-,20+,23+,24+,29-/m0/s1. The number of hydrogen-bond acceptors (Lipinski definition) is 2. The van der Waals surface area contributed by atoms with Crippen molar-refractivity contribution in [3.8, 4) is 0 Å². The molecule has 1 saturated carbocycles. The summed E-state index contributed by atoms with van der Waals surface area (Å²) in [7, 11) is -1.39. The predicted octanol–water partition coefficient (Wildman–Crippen LogP) is 5.21. The summed E-state index contributed by atoms with van der Waals surface area (Å²) < 4.78 is 14.8. The van der Waals surface area contributed by atoms with E-state index >= 15 is 0 Å². The summed E-state index contributed by atoms with van der Waals surface area (Å²) in [5.41, 5.74) is 2.34. The maximum Gasteiger partial charge on any atom is 0.235 e. The first-order chi connectivity index (χ1) is 14.1. The average molecular weight is 402 g/mol. The number of hydrogen-bond donors (Lipinski definition) is 0. The summed E-state index contributed by atoms with van der Waals surface area (Å²) in [6, 6.07) is 21.6. The van der Waals surface area contributed by atoms with Crippen LogP contribution in [-0.4, -0.2) is 14.7 Å². The van der Waals surface area contributed by atoms with E-state index in [1.807, 2.05) is 55.5 Å². The first-order valence-electron chi connectivity index (χ1n) is 10.1. The van der Waals surface area contributed by atoms with Gasteiger partial charge in [0.1, 0.15) is 15.8 Å². The Balaban J connectivity index is 1.50. The van der Waals surface area contributed by atoms with E-state index in [1.165, 1.54) is 5.56 Å². The van der Waals surface area contributed by atoms with Crippen LogP contribution in [0.1, 0.15) is 28.3 Å². The topological polar surface area (TPSA) is 39.1 Å². The van der Waals surface area contributed by atoms with E-state index < -0.39 is 10.8 Å². The molecular formula is C25H23NO2S. The zero-order valence-corrected chi connectivity index (χ0v) is 17.1. The minimum atomic E-state index is -1.39. The van der Waals surface area contributed by atoms with Crippen LogP contribution in [0.4, 0.5) is 0 Å². The maximum atomic E-state index is 13.7. The fourth-order valence-electron chi connectivity index (χ4n) is 4.93. The number of aryl methyl sites for hydroxylation is 1. The lowest BCUT2D eigenvalue weighted by atomic mass is 9.78. The number of rotatable bonds is 4. The molecule has 0 aliphatic heterocycles. The number of benzene rings is 2. The first-order valence-corrected chi connectivity index (χ1v) is 11.2. The molecule has 0 unspecified atom stereocenters. The summed E-state index contributed by atoms with van der Waals surface area (Å²) >= 11 is 0. The van der Waals surface area contributed by atoms with Gasteiger partial charge in [-0.15, -0.1) is 0 Å². The lowest BCUT2D eigenvalue weighted by Gasteiger charge is -2.28. The second kappa shape index (κ2) is 7.27. The van der Waals surface area contributed by atoms with E-state index in [1.54, 1.807) is 16.8 Å². The molecule has 2 aliphatic carbocycles. The van der Waals surface area contributed by atoms with Crippen LogP contribution in [0.5, 0.6) is 0 Å². The molecule has 0 amide bonds. The van der Waals surface area contributed by atoms with Gasteiger partial charge in [-0.3, -0.25) is 9.36 Å². The van der Waals surface area contributed by atoms with Crippen LogP contribution in [-0.2, 0) is 10.8 Å². The highest BCUT2D eigenvalue weighted by Crippen LogP contribution is 2.53. The molecular weight excluding hydrogens is 378 g/mol. The number of carbonyl (C=O) groups is 1. The normalized spacial score (nSPS) is 26.0. The molecule has 0 saturated heterocycles. The summed E-state index contributed by atoms with van der Waals surface area (Å²) in [6.45, 7) is 2.01. The lowest BCUT2D eigenvalue weighted by Crippen LogP contribution is -2.31. The highest BCUT2D eigenvalue weighted by atomic mass is 32.2. The molecule has 3 nitrogen and oxygen atoms in total. The Kier molecular flexibility index (Phi) is 4.59. The molecule has 2 aromatic carbocycles. The van der Waals surface area contributed by atoms with Crippen molar-refractivity contribution in [1.82, 2.24) is 4.57 Å². The molecule has 1 aromatic heterocycles. The Labute approximate surface area is 173 Å². The minimum Gasteiger partial charge on any atom is -0.279 e. The smallest absolute Gasteiger partial charge is 0.235 e. The van der Waals surface area contributed by atoms with Crippen LogP contribution in [0.15, 0.2) is 95.0 Å². The Morgan fingerprint density at radius 1 is 0.931 bits per heavy atom. The van der Waals surface area contributed by atoms with Gasteiger partial charge in [0, 0.05) is 17.0 Å². The van der Waals surface area contributed by atoms with Gasteiger partial charge < -0.3 is 0 Å². The molecule has 2 bridgehead atoms. The Morgan fingerprint density at radius 2 is 1.66 bits per heavy atom. The fourth-order valence-corrected chi connectivity index (χ4v) is 6.09. The van der Waals surface area contributed by atoms with Crippen molar-refractivity contribution >= 4 is 16.7 Å². The van der Waals surface area contributed by atoms with Crippen molar-refractivity contribution in [1.29, 1.82) is 0 Å². The Bertz CT molecular complexity index is 1100. The van der Waals surface area contributed by atoms with E-state index in [0.717, 1.165) is 16.9 Å². The zero-order valence-electron chi connectivity index (χ0n) is 16.3. The molecule has 2 aliphatic rings. The number of carbonyl (C=O) groups excluding carboxylic acids is 1. The highest BCUT2D eigenvalue weighted by molar-refractivity contribution is 7.85. The van der Waals surface area contributed by atoms with E-state index in [-0.39, 0.29) is 23.7 Å². The summed E-state index contributed by atoms with van der Waals surface area (Å²) in [4.78, 5) is 14.4. The monoisotopic (exact) mass is 401 g/mol. The van der Waals surface area contributed by atoms with Gasteiger partial charge in [0.15, 0.2) is 0 Å². The molecule has 146 valence electrons. The van der Waals surface area contributed by atoms with Crippen LogP contribution in [0, 0.1) is 24.7 Å². The molecule has 3 aromatic rings. The summed E-state index contributed by atoms with van der Waals surface area (Å²) in [6.07, 6.45) is 7.26. The molecule has 29 heavy (non-hydrogen) atoms. The van der Waals surface area contributed by atoms with Crippen molar-refractivity contribution in [2.75, 3.05) is 0 Å². The van der Waals surface area contributed by atoms with Crippen molar-refractivity contribution in [3.05, 3.63) is 96.2 Å². The second-order valence-corrected chi connectivity index (χ2v) is 9.47. The van der Waals surface area contributed by atoms with Gasteiger partial charge in [-0.1, -0.05) is 60.2 Å². The summed E-state index contributed by atoms with van der Waals surface area (Å²) in [5, 5.41) is 0.553. The van der Waals surface area contributed by atoms with Crippen LogP contribution in [0.3, 0.4) is 0 Å². The van der Waals surface area contributed by atoms with Crippen molar-refractivity contribution in [3.63, 3.8) is 0 Å². The van der Waals surface area contributed by atoms with Crippen LogP contribution >= 0.6 is 0 Å². The zero-order chi connectivity index (χ0) is 20.0. The largest absolute Gasteiger partial charge is 0.279 e. The second-order valence-electron chi connectivity index (χ2n) is 8.05. The van der Waals surface area contributed by atoms with E-state index in [0.29, 0.717) is 10.9 Å². The van der Waals surface area contributed by atoms with E-state index in [9.17, 15) is 9.00 Å². The van der Waals surface area contributed by atoms with Gasteiger partial charge >= 0.3 is 0 Å². The van der Waals surface area contributed by atoms with Crippen LogP contribution in [0.25, 0.3) is 0 Å². The average Bonchev–Trinajstić information content (AvgIpc) is 3.49. The molecule has 0 radical (unpaired) electrons. The molecule has 5 atom stereocenters. The highest BCUT2D eigenvalue weighted by Gasteiger charge is 2.49. The Hall–Kier alpha value is -2.72. The number of nitrogens with zero attached hydrogens (tertiary/aromatic N) is 1. The van der Waals surface area contributed by atoms with Gasteiger partial charge in [0.05, 0.1) is 5.92 Å². The van der Waals surface area contributed by atoms with E-state index in [4.69, 9.17) is 0 Å². The molecule has 5 rings (SSSR count). The third-order valence-corrected chi connectivity index (χ3v) is 7.72. The lowest BCUT2D eigenvalue weighted by molar-refractivity contribution is 0.0788. The fraction of sp³-hybridized carbons (Fsp3) is 0.240. The Morgan fingerprint density at radius 3 is 2.41 bits per heavy atom. The van der Waals surface area contributed by atoms with Gasteiger partial charge in [-0.2, -0.15) is 0 Å². The molecule has 1 fully saturated rings. The predicted molar refractivity (Wildman–Crippen MR) is 114 cm³/mol. The van der Waals surface area contributed by atoms with Crippen molar-refractivity contribution < 1.29 is 9.00 Å². The summed E-state index contributed by atoms with van der Waals surface area (Å²) in [5.74, 6) is 0.769. The number of allylic oxidation sites excluding steroid dienone is 2. The minimum absolute atomic E-state index is 0.0520. The molecule has 0 N–H and O–H groups in total. The van der Waals surface area contributed by atoms with Crippen LogP contribution < -0.4 is 0 Å². The quantitative estimate of drug-likeness (QED) is 0.563. The van der Waals surface area contributed by atoms with Crippen molar-refractivity contribution in [2.24, 2.45) is 17.8 Å². The molecule has 4 heteroatoms.